The van der Waals surface area contributed by atoms with Crippen molar-refractivity contribution < 1.29 is 14.8 Å². The Bertz CT molecular complexity index is 466. The molecule has 0 spiro atoms. The molecule has 5 nitrogen and oxygen atoms in total. The third-order valence-electron chi connectivity index (χ3n) is 2.60. The Morgan fingerprint density at radius 3 is 2.47 bits per heavy atom. The SMILES string of the molecule is CCC(=O)c1cc(C(C)C)cc([N+](=O)[O-])c1O. The number of nitrogens with zero attached hydrogens (tertiary/aromatic N) is 1. The van der Waals surface area contributed by atoms with E-state index in [0.29, 0.717) is 5.56 Å². The average molecular weight is 237 g/mol. The number of phenols is 1. The number of ketones is 1. The Labute approximate surface area is 99.2 Å². The number of nitro groups is 1. The third kappa shape index (κ3) is 2.61. The van der Waals surface area contributed by atoms with Crippen molar-refractivity contribution in [2.75, 3.05) is 0 Å². The molecule has 0 aliphatic carbocycles. The van der Waals surface area contributed by atoms with Gasteiger partial charge in [-0.05, 0) is 17.5 Å². The van der Waals surface area contributed by atoms with Gasteiger partial charge in [0.1, 0.15) is 0 Å². The van der Waals surface area contributed by atoms with E-state index < -0.39 is 16.4 Å². The summed E-state index contributed by atoms with van der Waals surface area (Å²) in [6.07, 6.45) is 0.201. The molecule has 5 heteroatoms. The van der Waals surface area contributed by atoms with Gasteiger partial charge in [-0.15, -0.1) is 0 Å². The molecule has 0 heterocycles. The Morgan fingerprint density at radius 2 is 2.06 bits per heavy atom. The molecule has 1 aromatic rings. The van der Waals surface area contributed by atoms with Gasteiger partial charge in [0, 0.05) is 12.5 Å². The first-order chi connectivity index (χ1) is 7.88. The van der Waals surface area contributed by atoms with Crippen molar-refractivity contribution in [3.05, 3.63) is 33.4 Å². The first kappa shape index (κ1) is 13.2. The van der Waals surface area contributed by atoms with Crippen LogP contribution in [-0.2, 0) is 0 Å². The summed E-state index contributed by atoms with van der Waals surface area (Å²) in [5.74, 6) is -0.781. The van der Waals surface area contributed by atoms with Gasteiger partial charge >= 0.3 is 5.69 Å². The van der Waals surface area contributed by atoms with Crippen molar-refractivity contribution in [1.29, 1.82) is 0 Å². The maximum Gasteiger partial charge on any atom is 0.311 e. The minimum atomic E-state index is -0.673. The summed E-state index contributed by atoms with van der Waals surface area (Å²) in [4.78, 5) is 21.7. The van der Waals surface area contributed by atoms with Crippen molar-refractivity contribution in [3.8, 4) is 5.75 Å². The Morgan fingerprint density at radius 1 is 1.47 bits per heavy atom. The molecule has 92 valence electrons. The van der Waals surface area contributed by atoms with Gasteiger partial charge in [0.15, 0.2) is 5.78 Å². The molecule has 0 amide bonds. The highest BCUT2D eigenvalue weighted by Crippen LogP contribution is 2.34. The second kappa shape index (κ2) is 4.95. The van der Waals surface area contributed by atoms with Gasteiger partial charge in [-0.25, -0.2) is 0 Å². The summed E-state index contributed by atoms with van der Waals surface area (Å²) in [5.41, 5.74) is 0.296. The van der Waals surface area contributed by atoms with Gasteiger partial charge in [0.2, 0.25) is 5.75 Å². The van der Waals surface area contributed by atoms with Crippen LogP contribution in [0.15, 0.2) is 12.1 Å². The highest BCUT2D eigenvalue weighted by Gasteiger charge is 2.22. The lowest BCUT2D eigenvalue weighted by Gasteiger charge is -2.09. The predicted octanol–water partition coefficient (Wildman–Crippen LogP) is 3.02. The smallest absolute Gasteiger partial charge is 0.311 e. The van der Waals surface area contributed by atoms with E-state index in [2.05, 4.69) is 0 Å². The van der Waals surface area contributed by atoms with Crippen molar-refractivity contribution in [2.24, 2.45) is 0 Å². The number of phenolic OH excluding ortho intramolecular Hbond substituents is 1. The fraction of sp³-hybridized carbons (Fsp3) is 0.417. The zero-order valence-electron chi connectivity index (χ0n) is 10.1. The zero-order chi connectivity index (χ0) is 13.2. The first-order valence-corrected chi connectivity index (χ1v) is 5.43. The quantitative estimate of drug-likeness (QED) is 0.496. The number of aromatic hydroxyl groups is 1. The molecule has 0 saturated heterocycles. The van der Waals surface area contributed by atoms with E-state index in [0.717, 1.165) is 0 Å². The van der Waals surface area contributed by atoms with E-state index >= 15 is 0 Å². The van der Waals surface area contributed by atoms with Crippen molar-refractivity contribution >= 4 is 11.5 Å². The number of hydrogen-bond acceptors (Lipinski definition) is 4. The van der Waals surface area contributed by atoms with Crippen molar-refractivity contribution in [1.82, 2.24) is 0 Å². The van der Waals surface area contributed by atoms with Crippen LogP contribution in [0.2, 0.25) is 0 Å². The molecule has 0 atom stereocenters. The van der Waals surface area contributed by atoms with E-state index in [4.69, 9.17) is 0 Å². The molecular formula is C12H15NO4. The molecule has 0 saturated carbocycles. The number of carbonyl (C=O) groups is 1. The molecule has 1 aromatic carbocycles. The van der Waals surface area contributed by atoms with Crippen molar-refractivity contribution in [2.45, 2.75) is 33.1 Å². The van der Waals surface area contributed by atoms with Crippen LogP contribution in [0.4, 0.5) is 5.69 Å². The van der Waals surface area contributed by atoms with Gasteiger partial charge in [-0.3, -0.25) is 14.9 Å². The summed E-state index contributed by atoms with van der Waals surface area (Å²) in [6, 6.07) is 2.84. The number of rotatable bonds is 4. The summed E-state index contributed by atoms with van der Waals surface area (Å²) in [6.45, 7) is 5.39. The van der Waals surface area contributed by atoms with E-state index in [-0.39, 0.29) is 23.7 Å². The summed E-state index contributed by atoms with van der Waals surface area (Å²) in [5, 5.41) is 20.5. The molecule has 0 radical (unpaired) electrons. The number of Topliss-reactive ketones (excluding diaryl/α,β-unsaturated/α-hetero) is 1. The lowest BCUT2D eigenvalue weighted by Crippen LogP contribution is -2.02. The van der Waals surface area contributed by atoms with Crippen LogP contribution >= 0.6 is 0 Å². The molecule has 0 aromatic heterocycles. The van der Waals surface area contributed by atoms with Crippen LogP contribution < -0.4 is 0 Å². The lowest BCUT2D eigenvalue weighted by molar-refractivity contribution is -0.386. The number of carbonyl (C=O) groups excluding carboxylic acids is 1. The van der Waals surface area contributed by atoms with Crippen molar-refractivity contribution in [3.63, 3.8) is 0 Å². The molecule has 0 bridgehead atoms. The van der Waals surface area contributed by atoms with Crippen LogP contribution in [0.1, 0.15) is 49.0 Å². The Hall–Kier alpha value is -1.91. The average Bonchev–Trinajstić information content (AvgIpc) is 2.27. The fourth-order valence-electron chi connectivity index (χ4n) is 1.52. The first-order valence-electron chi connectivity index (χ1n) is 5.43. The second-order valence-electron chi connectivity index (χ2n) is 4.12. The molecule has 0 aliphatic heterocycles. The van der Waals surface area contributed by atoms with E-state index in [1.165, 1.54) is 12.1 Å². The van der Waals surface area contributed by atoms with E-state index in [1.54, 1.807) is 6.92 Å². The molecule has 0 unspecified atom stereocenters. The highest BCUT2D eigenvalue weighted by atomic mass is 16.6. The van der Waals surface area contributed by atoms with Crippen LogP contribution in [0.5, 0.6) is 5.75 Å². The zero-order valence-corrected chi connectivity index (χ0v) is 10.1. The molecule has 17 heavy (non-hydrogen) atoms. The molecule has 0 aliphatic rings. The largest absolute Gasteiger partial charge is 0.502 e. The summed E-state index contributed by atoms with van der Waals surface area (Å²) < 4.78 is 0. The summed E-state index contributed by atoms with van der Waals surface area (Å²) in [7, 11) is 0. The third-order valence-corrected chi connectivity index (χ3v) is 2.60. The molecular weight excluding hydrogens is 222 g/mol. The molecule has 1 rings (SSSR count). The van der Waals surface area contributed by atoms with Gasteiger partial charge in [-0.1, -0.05) is 20.8 Å². The van der Waals surface area contributed by atoms with Gasteiger partial charge in [0.05, 0.1) is 10.5 Å². The molecule has 1 N–H and O–H groups in total. The maximum absolute atomic E-state index is 11.6. The van der Waals surface area contributed by atoms with Gasteiger partial charge < -0.3 is 5.11 Å². The van der Waals surface area contributed by atoms with Crippen LogP contribution in [0.25, 0.3) is 0 Å². The number of hydrogen-bond donors (Lipinski definition) is 1. The minimum absolute atomic E-state index is 0.0328. The Balaban J connectivity index is 3.48. The van der Waals surface area contributed by atoms with Crippen LogP contribution in [0.3, 0.4) is 0 Å². The maximum atomic E-state index is 11.6. The second-order valence-corrected chi connectivity index (χ2v) is 4.12. The molecule has 0 fully saturated rings. The predicted molar refractivity (Wildman–Crippen MR) is 63.5 cm³/mol. The van der Waals surface area contributed by atoms with Gasteiger partial charge in [0.25, 0.3) is 0 Å². The van der Waals surface area contributed by atoms with E-state index in [9.17, 15) is 20.0 Å². The monoisotopic (exact) mass is 237 g/mol. The summed E-state index contributed by atoms with van der Waals surface area (Å²) >= 11 is 0. The van der Waals surface area contributed by atoms with Gasteiger partial charge in [-0.2, -0.15) is 0 Å². The standard InChI is InChI=1S/C12H15NO4/c1-4-11(14)9-5-8(7(2)3)6-10(12(9)15)13(16)17/h5-7,15H,4H2,1-3H3. The fourth-order valence-corrected chi connectivity index (χ4v) is 1.52. The van der Waals surface area contributed by atoms with Crippen LogP contribution in [0, 0.1) is 10.1 Å². The Kier molecular flexibility index (Phi) is 3.83. The normalized spacial score (nSPS) is 10.6. The minimum Gasteiger partial charge on any atom is -0.502 e. The topological polar surface area (TPSA) is 80.4 Å². The van der Waals surface area contributed by atoms with E-state index in [1.807, 2.05) is 13.8 Å². The highest BCUT2D eigenvalue weighted by molar-refractivity contribution is 5.99. The number of benzene rings is 1. The van der Waals surface area contributed by atoms with Crippen LogP contribution in [-0.4, -0.2) is 15.8 Å². The lowest BCUT2D eigenvalue weighted by atomic mass is 9.96. The number of nitro benzene ring substituents is 1.